The number of nitrogens with one attached hydrogen (secondary N) is 1. The van der Waals surface area contributed by atoms with E-state index in [0.717, 1.165) is 12.0 Å². The minimum absolute atomic E-state index is 0.114. The number of aryl methyl sites for hydroxylation is 1. The first-order valence-corrected chi connectivity index (χ1v) is 6.70. The molecule has 1 heterocycles. The van der Waals surface area contributed by atoms with E-state index in [9.17, 15) is 4.79 Å². The van der Waals surface area contributed by atoms with Crippen LogP contribution in [0.15, 0.2) is 36.4 Å². The fraction of sp³-hybridized carbons (Fsp3) is 0.200. The van der Waals surface area contributed by atoms with E-state index in [1.54, 1.807) is 0 Å². The normalized spacial score (nSPS) is 10.3. The molecule has 0 saturated carbocycles. The van der Waals surface area contributed by atoms with E-state index in [1.807, 2.05) is 18.2 Å². The zero-order chi connectivity index (χ0) is 14.5. The van der Waals surface area contributed by atoms with Gasteiger partial charge in [-0.2, -0.15) is 0 Å². The van der Waals surface area contributed by atoms with E-state index in [1.165, 1.54) is 17.7 Å². The van der Waals surface area contributed by atoms with Gasteiger partial charge in [0.05, 0.1) is 0 Å². The standard InChI is InChI=1S/C15H15ClN2O2/c1-2-10-5-3-4-6-11(10)9-17-14-12(15(19)20)7-8-13(16)18-14/h3-8H,2,9H2,1H3,(H,17,18)(H,19,20). The molecule has 0 fully saturated rings. The number of anilines is 1. The van der Waals surface area contributed by atoms with E-state index < -0.39 is 5.97 Å². The number of halogens is 1. The van der Waals surface area contributed by atoms with E-state index in [4.69, 9.17) is 16.7 Å². The van der Waals surface area contributed by atoms with E-state index in [0.29, 0.717) is 6.54 Å². The fourth-order valence-corrected chi connectivity index (χ4v) is 2.14. The lowest BCUT2D eigenvalue weighted by Gasteiger charge is -2.11. The van der Waals surface area contributed by atoms with Crippen molar-refractivity contribution in [1.29, 1.82) is 0 Å². The first-order valence-electron chi connectivity index (χ1n) is 6.32. The summed E-state index contributed by atoms with van der Waals surface area (Å²) in [6, 6.07) is 10.9. The minimum atomic E-state index is -1.03. The van der Waals surface area contributed by atoms with Crippen LogP contribution in [-0.4, -0.2) is 16.1 Å². The van der Waals surface area contributed by atoms with Crippen molar-refractivity contribution in [2.75, 3.05) is 5.32 Å². The van der Waals surface area contributed by atoms with Crippen LogP contribution in [0.5, 0.6) is 0 Å². The van der Waals surface area contributed by atoms with Gasteiger partial charge in [0.1, 0.15) is 16.5 Å². The Hall–Kier alpha value is -2.07. The molecule has 0 amide bonds. The van der Waals surface area contributed by atoms with Gasteiger partial charge in [0.15, 0.2) is 0 Å². The molecule has 0 saturated heterocycles. The molecule has 20 heavy (non-hydrogen) atoms. The molecule has 2 aromatic rings. The summed E-state index contributed by atoms with van der Waals surface area (Å²) in [6.45, 7) is 2.59. The van der Waals surface area contributed by atoms with Crippen molar-refractivity contribution >= 4 is 23.4 Å². The molecule has 0 radical (unpaired) electrons. The Bertz CT molecular complexity index is 629. The van der Waals surface area contributed by atoms with Crippen molar-refractivity contribution in [1.82, 2.24) is 4.98 Å². The Kier molecular flexibility index (Phi) is 4.58. The molecular weight excluding hydrogens is 276 g/mol. The van der Waals surface area contributed by atoms with Crippen LogP contribution in [0.2, 0.25) is 5.15 Å². The fourth-order valence-electron chi connectivity index (χ4n) is 2.00. The molecule has 0 unspecified atom stereocenters. The Morgan fingerprint density at radius 3 is 2.60 bits per heavy atom. The van der Waals surface area contributed by atoms with Crippen LogP contribution >= 0.6 is 11.6 Å². The molecule has 2 N–H and O–H groups in total. The highest BCUT2D eigenvalue weighted by molar-refractivity contribution is 6.29. The largest absolute Gasteiger partial charge is 0.478 e. The molecule has 0 aliphatic carbocycles. The highest BCUT2D eigenvalue weighted by atomic mass is 35.5. The Balaban J connectivity index is 2.22. The summed E-state index contributed by atoms with van der Waals surface area (Å²) in [5, 5.41) is 12.4. The van der Waals surface area contributed by atoms with Crippen LogP contribution in [0.4, 0.5) is 5.82 Å². The molecule has 2 rings (SSSR count). The van der Waals surface area contributed by atoms with Crippen molar-refractivity contribution in [2.24, 2.45) is 0 Å². The zero-order valence-electron chi connectivity index (χ0n) is 11.1. The van der Waals surface area contributed by atoms with Crippen LogP contribution < -0.4 is 5.32 Å². The van der Waals surface area contributed by atoms with Gasteiger partial charge < -0.3 is 10.4 Å². The Labute approximate surface area is 122 Å². The third-order valence-corrected chi connectivity index (χ3v) is 3.25. The molecular formula is C15H15ClN2O2. The second kappa shape index (κ2) is 6.39. The number of aromatic carboxylic acids is 1. The van der Waals surface area contributed by atoms with Gasteiger partial charge in [0.2, 0.25) is 0 Å². The molecule has 0 spiro atoms. The summed E-state index contributed by atoms with van der Waals surface area (Å²) in [4.78, 5) is 15.2. The predicted octanol–water partition coefficient (Wildman–Crippen LogP) is 3.61. The smallest absolute Gasteiger partial charge is 0.339 e. The van der Waals surface area contributed by atoms with E-state index >= 15 is 0 Å². The molecule has 0 atom stereocenters. The maximum atomic E-state index is 11.1. The number of rotatable bonds is 5. The van der Waals surface area contributed by atoms with Crippen LogP contribution in [-0.2, 0) is 13.0 Å². The monoisotopic (exact) mass is 290 g/mol. The van der Waals surface area contributed by atoms with E-state index in [-0.39, 0.29) is 16.5 Å². The summed E-state index contributed by atoms with van der Waals surface area (Å²) in [5.41, 5.74) is 2.45. The Morgan fingerprint density at radius 2 is 1.95 bits per heavy atom. The highest BCUT2D eigenvalue weighted by Crippen LogP contribution is 2.18. The number of benzene rings is 1. The lowest BCUT2D eigenvalue weighted by Crippen LogP contribution is -2.09. The van der Waals surface area contributed by atoms with Crippen LogP contribution in [0, 0.1) is 0 Å². The maximum Gasteiger partial charge on any atom is 0.339 e. The summed E-state index contributed by atoms with van der Waals surface area (Å²) in [7, 11) is 0. The topological polar surface area (TPSA) is 62.2 Å². The van der Waals surface area contributed by atoms with Crippen molar-refractivity contribution in [3.63, 3.8) is 0 Å². The minimum Gasteiger partial charge on any atom is -0.478 e. The first kappa shape index (κ1) is 14.3. The molecule has 0 aliphatic rings. The summed E-state index contributed by atoms with van der Waals surface area (Å²) < 4.78 is 0. The highest BCUT2D eigenvalue weighted by Gasteiger charge is 2.12. The number of hydrogen-bond acceptors (Lipinski definition) is 3. The number of aromatic nitrogens is 1. The van der Waals surface area contributed by atoms with Crippen LogP contribution in [0.25, 0.3) is 0 Å². The SMILES string of the molecule is CCc1ccccc1CNc1nc(Cl)ccc1C(=O)O. The summed E-state index contributed by atoms with van der Waals surface area (Å²) in [6.07, 6.45) is 0.923. The van der Waals surface area contributed by atoms with Crippen molar-refractivity contribution in [3.8, 4) is 0 Å². The van der Waals surface area contributed by atoms with Gasteiger partial charge in [-0.25, -0.2) is 9.78 Å². The summed E-state index contributed by atoms with van der Waals surface area (Å²) in [5.74, 6) is -0.739. The van der Waals surface area contributed by atoms with Gasteiger partial charge in [-0.05, 0) is 29.7 Å². The average Bonchev–Trinajstić information content (AvgIpc) is 2.45. The van der Waals surface area contributed by atoms with Gasteiger partial charge in [-0.3, -0.25) is 0 Å². The number of carbonyl (C=O) groups is 1. The second-order valence-corrected chi connectivity index (χ2v) is 4.70. The van der Waals surface area contributed by atoms with Gasteiger partial charge in [-0.1, -0.05) is 42.8 Å². The molecule has 5 heteroatoms. The third-order valence-electron chi connectivity index (χ3n) is 3.04. The zero-order valence-corrected chi connectivity index (χ0v) is 11.8. The predicted molar refractivity (Wildman–Crippen MR) is 79.4 cm³/mol. The lowest BCUT2D eigenvalue weighted by atomic mass is 10.1. The van der Waals surface area contributed by atoms with Crippen molar-refractivity contribution in [2.45, 2.75) is 19.9 Å². The number of hydrogen-bond donors (Lipinski definition) is 2. The number of pyridine rings is 1. The molecule has 0 aliphatic heterocycles. The van der Waals surface area contributed by atoms with E-state index in [2.05, 4.69) is 23.3 Å². The molecule has 4 nitrogen and oxygen atoms in total. The van der Waals surface area contributed by atoms with Crippen molar-refractivity contribution in [3.05, 3.63) is 58.2 Å². The first-order chi connectivity index (χ1) is 9.61. The average molecular weight is 291 g/mol. The molecule has 0 bridgehead atoms. The maximum absolute atomic E-state index is 11.1. The lowest BCUT2D eigenvalue weighted by molar-refractivity contribution is 0.0697. The van der Waals surface area contributed by atoms with Crippen LogP contribution in [0.1, 0.15) is 28.4 Å². The number of nitrogens with zero attached hydrogens (tertiary/aromatic N) is 1. The van der Waals surface area contributed by atoms with Gasteiger partial charge in [0, 0.05) is 6.54 Å². The van der Waals surface area contributed by atoms with Gasteiger partial charge >= 0.3 is 5.97 Å². The molecule has 1 aromatic heterocycles. The van der Waals surface area contributed by atoms with Gasteiger partial charge in [0.25, 0.3) is 0 Å². The Morgan fingerprint density at radius 1 is 1.25 bits per heavy atom. The summed E-state index contributed by atoms with van der Waals surface area (Å²) >= 11 is 5.82. The second-order valence-electron chi connectivity index (χ2n) is 4.31. The van der Waals surface area contributed by atoms with Gasteiger partial charge in [-0.15, -0.1) is 0 Å². The quantitative estimate of drug-likeness (QED) is 0.826. The number of carboxylic acid groups (broad SMARTS) is 1. The third kappa shape index (κ3) is 3.27. The number of carboxylic acids is 1. The molecule has 104 valence electrons. The van der Waals surface area contributed by atoms with Crippen molar-refractivity contribution < 1.29 is 9.90 Å². The van der Waals surface area contributed by atoms with Crippen LogP contribution in [0.3, 0.4) is 0 Å². The molecule has 1 aromatic carbocycles.